The van der Waals surface area contributed by atoms with Gasteiger partial charge in [0.1, 0.15) is 29.2 Å². The summed E-state index contributed by atoms with van der Waals surface area (Å²) in [6, 6.07) is 4.52. The van der Waals surface area contributed by atoms with Gasteiger partial charge in [-0.25, -0.2) is 9.18 Å². The Kier molecular flexibility index (Phi) is 7.08. The highest BCUT2D eigenvalue weighted by Gasteiger charge is 2.22. The van der Waals surface area contributed by atoms with Crippen molar-refractivity contribution in [2.45, 2.75) is 6.10 Å². The first-order valence-electron chi connectivity index (χ1n) is 8.05. The SMILES string of the molecule is O=C(NOC[C@H](O)CO)Oc1oc2c(Cl)cncc2c1Nc1ccc(I)cc1F. The molecule has 1 aromatic carbocycles. The lowest BCUT2D eigenvalue weighted by Crippen LogP contribution is -2.31. The van der Waals surface area contributed by atoms with Gasteiger partial charge in [0.05, 0.1) is 17.7 Å². The van der Waals surface area contributed by atoms with E-state index in [1.54, 1.807) is 6.07 Å². The molecule has 0 radical (unpaired) electrons. The summed E-state index contributed by atoms with van der Waals surface area (Å²) < 4.78 is 25.5. The number of benzene rings is 1. The van der Waals surface area contributed by atoms with Crippen molar-refractivity contribution < 1.29 is 33.4 Å². The van der Waals surface area contributed by atoms with Crippen molar-refractivity contribution in [1.82, 2.24) is 10.5 Å². The molecule has 2 heterocycles. The molecule has 1 atom stereocenters. The molecule has 0 spiro atoms. The van der Waals surface area contributed by atoms with Crippen LogP contribution in [0.4, 0.5) is 20.6 Å². The minimum Gasteiger partial charge on any atom is -0.422 e. The predicted octanol–water partition coefficient (Wildman–Crippen LogP) is 3.34. The second-order valence-electron chi connectivity index (χ2n) is 5.65. The van der Waals surface area contributed by atoms with Crippen molar-refractivity contribution >= 4 is 62.6 Å². The van der Waals surface area contributed by atoms with Gasteiger partial charge in [0.15, 0.2) is 5.58 Å². The Morgan fingerprint density at radius 3 is 2.93 bits per heavy atom. The van der Waals surface area contributed by atoms with Crippen molar-refractivity contribution in [1.29, 1.82) is 0 Å². The number of aromatic nitrogens is 1. The lowest BCUT2D eigenvalue weighted by atomic mass is 10.2. The number of pyridine rings is 1. The largest absolute Gasteiger partial charge is 0.439 e. The molecule has 0 unspecified atom stereocenters. The van der Waals surface area contributed by atoms with Gasteiger partial charge in [-0.3, -0.25) is 9.82 Å². The molecule has 29 heavy (non-hydrogen) atoms. The third kappa shape index (κ3) is 5.25. The van der Waals surface area contributed by atoms with Gasteiger partial charge >= 0.3 is 12.0 Å². The average molecular weight is 538 g/mol. The third-order valence-corrected chi connectivity index (χ3v) is 4.48. The summed E-state index contributed by atoms with van der Waals surface area (Å²) in [4.78, 5) is 20.6. The first kappa shape index (κ1) is 21.5. The molecule has 0 saturated heterocycles. The van der Waals surface area contributed by atoms with Crippen LogP contribution in [0.3, 0.4) is 0 Å². The van der Waals surface area contributed by atoms with Gasteiger partial charge < -0.3 is 24.7 Å². The van der Waals surface area contributed by atoms with Crippen LogP contribution < -0.4 is 15.5 Å². The number of halogens is 3. The van der Waals surface area contributed by atoms with E-state index < -0.39 is 24.6 Å². The van der Waals surface area contributed by atoms with Gasteiger partial charge in [-0.2, -0.15) is 5.48 Å². The molecular weight excluding hydrogens is 524 g/mol. The number of hydroxylamine groups is 1. The quantitative estimate of drug-likeness (QED) is 0.267. The van der Waals surface area contributed by atoms with E-state index in [4.69, 9.17) is 30.7 Å². The van der Waals surface area contributed by atoms with E-state index >= 15 is 0 Å². The number of hydrogen-bond acceptors (Lipinski definition) is 8. The zero-order valence-corrected chi connectivity index (χ0v) is 17.4. The Hall–Kier alpha value is -2.19. The van der Waals surface area contributed by atoms with Gasteiger partial charge in [0.25, 0.3) is 0 Å². The third-order valence-electron chi connectivity index (χ3n) is 3.54. The summed E-state index contributed by atoms with van der Waals surface area (Å²) in [5.74, 6) is -0.838. The van der Waals surface area contributed by atoms with E-state index in [0.717, 1.165) is 0 Å². The molecule has 0 saturated carbocycles. The number of aliphatic hydroxyl groups excluding tert-OH is 2. The number of nitrogens with zero attached hydrogens (tertiary/aromatic N) is 1. The number of fused-ring (bicyclic) bond motifs is 1. The fourth-order valence-corrected chi connectivity index (χ4v) is 2.88. The van der Waals surface area contributed by atoms with Crippen LogP contribution in [-0.2, 0) is 4.84 Å². The number of ether oxygens (including phenoxy) is 1. The van der Waals surface area contributed by atoms with E-state index in [-0.39, 0.29) is 34.5 Å². The fraction of sp³-hybridized carbons (Fsp3) is 0.176. The summed E-state index contributed by atoms with van der Waals surface area (Å²) >= 11 is 8.05. The van der Waals surface area contributed by atoms with Crippen molar-refractivity contribution in [3.63, 3.8) is 0 Å². The number of carbonyl (C=O) groups excluding carboxylic acids is 1. The monoisotopic (exact) mass is 537 g/mol. The number of hydrogen-bond donors (Lipinski definition) is 4. The molecule has 9 nitrogen and oxygen atoms in total. The van der Waals surface area contributed by atoms with Crippen LogP contribution in [-0.4, -0.2) is 40.6 Å². The summed E-state index contributed by atoms with van der Waals surface area (Å²) in [5.41, 5.74) is 2.33. The maximum absolute atomic E-state index is 14.3. The Morgan fingerprint density at radius 2 is 2.21 bits per heavy atom. The van der Waals surface area contributed by atoms with Crippen LogP contribution in [0, 0.1) is 9.39 Å². The zero-order chi connectivity index (χ0) is 21.0. The van der Waals surface area contributed by atoms with E-state index in [9.17, 15) is 14.3 Å². The maximum Gasteiger partial charge on any atom is 0.439 e. The number of amides is 1. The number of furan rings is 1. The molecule has 12 heteroatoms. The lowest BCUT2D eigenvalue weighted by Gasteiger charge is -2.10. The van der Waals surface area contributed by atoms with Crippen molar-refractivity contribution in [2.24, 2.45) is 0 Å². The van der Waals surface area contributed by atoms with Crippen LogP contribution in [0.15, 0.2) is 35.0 Å². The molecule has 0 aliphatic carbocycles. The van der Waals surface area contributed by atoms with Gasteiger partial charge in [-0.1, -0.05) is 11.6 Å². The van der Waals surface area contributed by atoms with E-state index in [0.29, 0.717) is 8.96 Å². The molecule has 3 aromatic rings. The van der Waals surface area contributed by atoms with Gasteiger partial charge in [-0.05, 0) is 40.8 Å². The minimum atomic E-state index is -1.17. The van der Waals surface area contributed by atoms with Crippen molar-refractivity contribution in [3.8, 4) is 5.95 Å². The topological polar surface area (TPSA) is 126 Å². The van der Waals surface area contributed by atoms with Gasteiger partial charge in [-0.15, -0.1) is 0 Å². The molecule has 2 aromatic heterocycles. The Morgan fingerprint density at radius 1 is 1.41 bits per heavy atom. The highest BCUT2D eigenvalue weighted by atomic mass is 127. The molecule has 4 N–H and O–H groups in total. The van der Waals surface area contributed by atoms with E-state index in [2.05, 4.69) is 10.3 Å². The van der Waals surface area contributed by atoms with E-state index in [1.165, 1.54) is 24.5 Å². The summed E-state index contributed by atoms with van der Waals surface area (Å²) in [6.45, 7) is -0.901. The van der Waals surface area contributed by atoms with Crippen LogP contribution in [0.5, 0.6) is 5.95 Å². The second-order valence-corrected chi connectivity index (χ2v) is 7.30. The van der Waals surface area contributed by atoms with E-state index in [1.807, 2.05) is 28.1 Å². The fourth-order valence-electron chi connectivity index (χ4n) is 2.23. The maximum atomic E-state index is 14.3. The number of nitrogens with one attached hydrogen (secondary N) is 2. The highest BCUT2D eigenvalue weighted by Crippen LogP contribution is 2.41. The van der Waals surface area contributed by atoms with Crippen LogP contribution in [0.2, 0.25) is 5.02 Å². The first-order valence-corrected chi connectivity index (χ1v) is 9.51. The molecule has 0 aliphatic heterocycles. The van der Waals surface area contributed by atoms with Crippen LogP contribution in [0.1, 0.15) is 0 Å². The molecule has 0 fully saturated rings. The Labute approximate surface area is 181 Å². The number of anilines is 2. The smallest absolute Gasteiger partial charge is 0.422 e. The lowest BCUT2D eigenvalue weighted by molar-refractivity contribution is -0.0297. The minimum absolute atomic E-state index is 0.112. The normalized spacial score (nSPS) is 12.0. The first-order chi connectivity index (χ1) is 13.9. The number of aliphatic hydroxyl groups is 2. The average Bonchev–Trinajstić information content (AvgIpc) is 3.02. The molecular formula is C17H14ClFIN3O6. The molecule has 3 rings (SSSR count). The predicted molar refractivity (Wildman–Crippen MR) is 110 cm³/mol. The van der Waals surface area contributed by atoms with Crippen molar-refractivity contribution in [2.75, 3.05) is 18.5 Å². The molecule has 0 bridgehead atoms. The number of rotatable bonds is 7. The summed E-state index contributed by atoms with van der Waals surface area (Å²) in [5, 5.41) is 21.2. The molecule has 1 amide bonds. The van der Waals surface area contributed by atoms with Crippen LogP contribution >= 0.6 is 34.2 Å². The van der Waals surface area contributed by atoms with Crippen molar-refractivity contribution in [3.05, 3.63) is 45.0 Å². The summed E-state index contributed by atoms with van der Waals surface area (Å²) in [6.07, 6.45) is 0.499. The van der Waals surface area contributed by atoms with Gasteiger partial charge in [0, 0.05) is 16.0 Å². The highest BCUT2D eigenvalue weighted by molar-refractivity contribution is 14.1. The van der Waals surface area contributed by atoms with Gasteiger partial charge in [0.2, 0.25) is 0 Å². The molecule has 154 valence electrons. The number of carbonyl (C=O) groups is 1. The zero-order valence-electron chi connectivity index (χ0n) is 14.5. The standard InChI is InChI=1S/C17H14ClFIN3O6/c18-11-5-21-4-10-14(22-13-2-1-8(20)3-12(13)19)16(28-15(10)11)29-17(26)23-27-7-9(25)6-24/h1-5,9,22,24-25H,6-7H2,(H,23,26)/t9-/m1/s1. The Bertz CT molecular complexity index is 1030. The second kappa shape index (κ2) is 9.54. The Balaban J connectivity index is 1.87. The summed E-state index contributed by atoms with van der Waals surface area (Å²) in [7, 11) is 0. The molecule has 0 aliphatic rings. The van der Waals surface area contributed by atoms with Crippen LogP contribution in [0.25, 0.3) is 11.0 Å².